The number of carbonyl (C=O) groups excluding carboxylic acids is 1. The number of aromatic nitrogens is 3. The van der Waals surface area contributed by atoms with Crippen LogP contribution < -0.4 is 10.1 Å². The first-order chi connectivity index (χ1) is 12.2. The number of rotatable bonds is 3. The number of nitrogens with zero attached hydrogens (tertiary/aromatic N) is 2. The average molecular weight is 338 g/mol. The van der Waals surface area contributed by atoms with Crippen molar-refractivity contribution >= 4 is 5.91 Å². The summed E-state index contributed by atoms with van der Waals surface area (Å²) in [6.45, 7) is 0.604. The lowest BCUT2D eigenvalue weighted by atomic mass is 10.1. The summed E-state index contributed by atoms with van der Waals surface area (Å²) < 4.78 is 19.5. The summed E-state index contributed by atoms with van der Waals surface area (Å²) in [4.78, 5) is 23.8. The molecule has 0 bridgehead atoms. The van der Waals surface area contributed by atoms with Crippen LogP contribution in [0.15, 0.2) is 36.5 Å². The Morgan fingerprint density at radius 3 is 2.96 bits per heavy atom. The van der Waals surface area contributed by atoms with Crippen molar-refractivity contribution in [2.75, 3.05) is 13.7 Å². The van der Waals surface area contributed by atoms with Gasteiger partial charge < -0.3 is 15.0 Å². The fraction of sp³-hybridized carbons (Fsp3) is 0.167. The molecule has 2 aromatic heterocycles. The summed E-state index contributed by atoms with van der Waals surface area (Å²) >= 11 is 0. The Balaban J connectivity index is 1.80. The highest BCUT2D eigenvalue weighted by Crippen LogP contribution is 2.31. The van der Waals surface area contributed by atoms with Crippen LogP contribution in [0.4, 0.5) is 4.39 Å². The standard InChI is InChI=1S/C18H15FN4O2/c1-25-15-4-2-3-11(19)16(15)17-20-7-6-13(23-17)14-9-10-12(22-14)5-8-21-18(10)24/h2-4,6-7,9,22H,5,8H2,1H3,(H,21,24). The maximum Gasteiger partial charge on any atom is 0.253 e. The third kappa shape index (κ3) is 2.63. The highest BCUT2D eigenvalue weighted by molar-refractivity contribution is 5.97. The van der Waals surface area contributed by atoms with Crippen LogP contribution in [0.2, 0.25) is 0 Å². The van der Waals surface area contributed by atoms with Crippen LogP contribution >= 0.6 is 0 Å². The summed E-state index contributed by atoms with van der Waals surface area (Å²) in [5.74, 6) is 0.0299. The van der Waals surface area contributed by atoms with Crippen molar-refractivity contribution in [1.82, 2.24) is 20.3 Å². The molecule has 1 amide bonds. The molecule has 25 heavy (non-hydrogen) atoms. The fourth-order valence-corrected chi connectivity index (χ4v) is 2.95. The van der Waals surface area contributed by atoms with Crippen LogP contribution in [0, 0.1) is 5.82 Å². The molecule has 126 valence electrons. The Kier molecular flexibility index (Phi) is 3.68. The smallest absolute Gasteiger partial charge is 0.253 e. The van der Waals surface area contributed by atoms with Gasteiger partial charge in [-0.2, -0.15) is 0 Å². The normalized spacial score (nSPS) is 13.3. The highest BCUT2D eigenvalue weighted by Gasteiger charge is 2.21. The van der Waals surface area contributed by atoms with E-state index in [1.165, 1.54) is 13.2 Å². The van der Waals surface area contributed by atoms with E-state index in [2.05, 4.69) is 20.3 Å². The number of H-pyrrole nitrogens is 1. The zero-order valence-electron chi connectivity index (χ0n) is 13.5. The number of hydrogen-bond donors (Lipinski definition) is 2. The van der Waals surface area contributed by atoms with E-state index < -0.39 is 5.82 Å². The number of carbonyl (C=O) groups is 1. The van der Waals surface area contributed by atoms with Crippen molar-refractivity contribution < 1.29 is 13.9 Å². The van der Waals surface area contributed by atoms with Gasteiger partial charge in [0.1, 0.15) is 11.6 Å². The van der Waals surface area contributed by atoms with Gasteiger partial charge in [0.05, 0.1) is 29.6 Å². The summed E-state index contributed by atoms with van der Waals surface area (Å²) in [5, 5.41) is 2.80. The van der Waals surface area contributed by atoms with Crippen LogP contribution in [-0.2, 0) is 6.42 Å². The van der Waals surface area contributed by atoms with Crippen LogP contribution in [-0.4, -0.2) is 34.5 Å². The molecule has 0 fully saturated rings. The number of ether oxygens (including phenoxy) is 1. The van der Waals surface area contributed by atoms with E-state index in [4.69, 9.17) is 4.74 Å². The third-order valence-electron chi connectivity index (χ3n) is 4.15. The Morgan fingerprint density at radius 1 is 1.28 bits per heavy atom. The number of aromatic amines is 1. The van der Waals surface area contributed by atoms with Gasteiger partial charge >= 0.3 is 0 Å². The van der Waals surface area contributed by atoms with Gasteiger partial charge in [-0.05, 0) is 24.3 Å². The molecule has 0 radical (unpaired) electrons. The number of halogens is 1. The molecule has 0 atom stereocenters. The number of benzene rings is 1. The molecule has 1 aromatic carbocycles. The van der Waals surface area contributed by atoms with Crippen molar-refractivity contribution in [3.63, 3.8) is 0 Å². The van der Waals surface area contributed by atoms with Crippen molar-refractivity contribution in [1.29, 1.82) is 0 Å². The molecule has 0 spiro atoms. The molecule has 7 heteroatoms. The van der Waals surface area contributed by atoms with Gasteiger partial charge in [0.25, 0.3) is 5.91 Å². The number of fused-ring (bicyclic) bond motifs is 1. The molecule has 0 saturated carbocycles. The van der Waals surface area contributed by atoms with Crippen molar-refractivity contribution in [2.45, 2.75) is 6.42 Å². The van der Waals surface area contributed by atoms with Gasteiger partial charge in [-0.25, -0.2) is 14.4 Å². The summed E-state index contributed by atoms with van der Waals surface area (Å²) in [7, 11) is 1.47. The lowest BCUT2D eigenvalue weighted by Gasteiger charge is -2.11. The minimum absolute atomic E-state index is 0.103. The Morgan fingerprint density at radius 2 is 2.16 bits per heavy atom. The molecular weight excluding hydrogens is 323 g/mol. The molecule has 1 aliphatic heterocycles. The topological polar surface area (TPSA) is 79.9 Å². The van der Waals surface area contributed by atoms with E-state index >= 15 is 0 Å². The molecule has 0 unspecified atom stereocenters. The predicted molar refractivity (Wildman–Crippen MR) is 89.8 cm³/mol. The van der Waals surface area contributed by atoms with E-state index in [0.717, 1.165) is 12.1 Å². The van der Waals surface area contributed by atoms with E-state index in [1.54, 1.807) is 30.5 Å². The molecule has 4 rings (SSSR count). The number of hydrogen-bond acceptors (Lipinski definition) is 4. The van der Waals surface area contributed by atoms with Gasteiger partial charge in [-0.3, -0.25) is 4.79 Å². The number of methoxy groups -OCH3 is 1. The van der Waals surface area contributed by atoms with Crippen molar-refractivity contribution in [3.8, 4) is 28.5 Å². The first-order valence-corrected chi connectivity index (χ1v) is 7.83. The predicted octanol–water partition coefficient (Wildman–Crippen LogP) is 2.57. The van der Waals surface area contributed by atoms with Crippen LogP contribution in [0.5, 0.6) is 5.75 Å². The Labute approximate surface area is 143 Å². The fourth-order valence-electron chi connectivity index (χ4n) is 2.95. The molecule has 0 aliphatic carbocycles. The minimum Gasteiger partial charge on any atom is -0.496 e. The van der Waals surface area contributed by atoms with Gasteiger partial charge in [0.2, 0.25) is 0 Å². The molecule has 1 aliphatic rings. The molecule has 0 saturated heterocycles. The van der Waals surface area contributed by atoms with Crippen molar-refractivity contribution in [3.05, 3.63) is 53.6 Å². The highest BCUT2D eigenvalue weighted by atomic mass is 19.1. The first kappa shape index (κ1) is 15.3. The van der Waals surface area contributed by atoms with E-state index in [9.17, 15) is 9.18 Å². The van der Waals surface area contributed by atoms with Crippen LogP contribution in [0.25, 0.3) is 22.8 Å². The zero-order chi connectivity index (χ0) is 17.4. The maximum absolute atomic E-state index is 14.3. The second kappa shape index (κ2) is 6.01. The van der Waals surface area contributed by atoms with Gasteiger partial charge in [-0.15, -0.1) is 0 Å². The summed E-state index contributed by atoms with van der Waals surface area (Å²) in [6, 6.07) is 8.04. The van der Waals surface area contributed by atoms with E-state index in [1.807, 2.05) is 0 Å². The third-order valence-corrected chi connectivity index (χ3v) is 4.15. The van der Waals surface area contributed by atoms with Crippen molar-refractivity contribution in [2.24, 2.45) is 0 Å². The maximum atomic E-state index is 14.3. The molecule has 6 nitrogen and oxygen atoms in total. The van der Waals surface area contributed by atoms with Gasteiger partial charge in [0.15, 0.2) is 5.82 Å². The number of nitrogens with one attached hydrogen (secondary N) is 2. The largest absolute Gasteiger partial charge is 0.496 e. The Hall–Kier alpha value is -3.22. The number of amides is 1. The summed E-state index contributed by atoms with van der Waals surface area (Å²) in [6.07, 6.45) is 2.30. The molecular formula is C18H15FN4O2. The van der Waals surface area contributed by atoms with E-state index in [-0.39, 0.29) is 17.3 Å². The first-order valence-electron chi connectivity index (χ1n) is 7.83. The second-order valence-electron chi connectivity index (χ2n) is 5.66. The van der Waals surface area contributed by atoms with Gasteiger partial charge in [-0.1, -0.05) is 6.07 Å². The molecule has 3 aromatic rings. The van der Waals surface area contributed by atoms with Crippen LogP contribution in [0.3, 0.4) is 0 Å². The minimum atomic E-state index is -0.457. The van der Waals surface area contributed by atoms with E-state index in [0.29, 0.717) is 29.2 Å². The second-order valence-corrected chi connectivity index (χ2v) is 5.66. The van der Waals surface area contributed by atoms with Gasteiger partial charge in [0, 0.05) is 24.9 Å². The van der Waals surface area contributed by atoms with Crippen LogP contribution in [0.1, 0.15) is 16.1 Å². The quantitative estimate of drug-likeness (QED) is 0.769. The monoisotopic (exact) mass is 338 g/mol. The zero-order valence-corrected chi connectivity index (χ0v) is 13.5. The molecule has 3 heterocycles. The lowest BCUT2D eigenvalue weighted by molar-refractivity contribution is 0.0946. The average Bonchev–Trinajstić information content (AvgIpc) is 3.07. The lowest BCUT2D eigenvalue weighted by Crippen LogP contribution is -2.31. The summed E-state index contributed by atoms with van der Waals surface area (Å²) in [5.41, 5.74) is 2.98. The molecule has 2 N–H and O–H groups in total. The SMILES string of the molecule is COc1cccc(F)c1-c1nccc(-c2cc3c([nH]2)CCNC3=O)n1. The Bertz CT molecular complexity index is 967.